The minimum atomic E-state index is -0.0954. The fourth-order valence-electron chi connectivity index (χ4n) is 3.37. The highest BCUT2D eigenvalue weighted by molar-refractivity contribution is 5.81. The summed E-state index contributed by atoms with van der Waals surface area (Å²) in [5.74, 6) is 0.882. The number of nitrogens with one attached hydrogen (secondary N) is 4. The Morgan fingerprint density at radius 2 is 2.00 bits per heavy atom. The van der Waals surface area contributed by atoms with E-state index in [1.807, 2.05) is 42.1 Å². The molecule has 28 heavy (non-hydrogen) atoms. The molecule has 1 unspecified atom stereocenters. The number of aromatic amines is 2. The lowest BCUT2D eigenvalue weighted by Gasteiger charge is -2.20. The van der Waals surface area contributed by atoms with Gasteiger partial charge in [0.15, 0.2) is 0 Å². The van der Waals surface area contributed by atoms with E-state index in [2.05, 4.69) is 50.1 Å². The Labute approximate surface area is 162 Å². The van der Waals surface area contributed by atoms with Gasteiger partial charge >= 0.3 is 0 Å². The highest BCUT2D eigenvalue weighted by Crippen LogP contribution is 2.18. The number of benzene rings is 2. The van der Waals surface area contributed by atoms with E-state index in [-0.39, 0.29) is 11.6 Å². The third-order valence-electron chi connectivity index (χ3n) is 4.77. The number of nitrogens with zero attached hydrogens (tertiary/aromatic N) is 2. The molecule has 7 heteroatoms. The van der Waals surface area contributed by atoms with Crippen molar-refractivity contribution in [3.05, 3.63) is 77.0 Å². The summed E-state index contributed by atoms with van der Waals surface area (Å²) in [7, 11) is 1.96. The molecule has 0 bridgehead atoms. The molecule has 4 aromatic rings. The summed E-state index contributed by atoms with van der Waals surface area (Å²) in [5.41, 5.74) is 2.98. The number of hydrogen-bond donors (Lipinski definition) is 4. The second-order valence-electron chi connectivity index (χ2n) is 7.01. The lowest BCUT2D eigenvalue weighted by molar-refractivity contribution is 0.669. The van der Waals surface area contributed by atoms with Crippen molar-refractivity contribution in [2.75, 3.05) is 17.2 Å². The average molecular weight is 376 g/mol. The number of imidazole rings is 1. The Balaban J connectivity index is 1.46. The third-order valence-corrected chi connectivity index (χ3v) is 4.77. The van der Waals surface area contributed by atoms with Crippen molar-refractivity contribution in [1.29, 1.82) is 0 Å². The Kier molecular flexibility index (Phi) is 5.14. The second kappa shape index (κ2) is 8.04. The van der Waals surface area contributed by atoms with Crippen LogP contribution >= 0.6 is 0 Å². The SMILES string of the molecule is Cn1cnc(NCCC(Cc2ccccc2)Nc2ccc3c(=O)[nH][nH]c3c2)c1. The predicted molar refractivity (Wildman–Crippen MR) is 113 cm³/mol. The van der Waals surface area contributed by atoms with Crippen molar-refractivity contribution in [2.45, 2.75) is 18.9 Å². The van der Waals surface area contributed by atoms with Crippen LogP contribution in [0.5, 0.6) is 0 Å². The minimum Gasteiger partial charge on any atom is -0.382 e. The zero-order valence-corrected chi connectivity index (χ0v) is 15.8. The smallest absolute Gasteiger partial charge is 0.271 e. The Morgan fingerprint density at radius 3 is 2.79 bits per heavy atom. The number of hydrogen-bond acceptors (Lipinski definition) is 4. The first-order valence-corrected chi connectivity index (χ1v) is 9.40. The van der Waals surface area contributed by atoms with Crippen LogP contribution in [0, 0.1) is 0 Å². The molecule has 0 amide bonds. The summed E-state index contributed by atoms with van der Waals surface area (Å²) in [4.78, 5) is 16.0. The molecule has 4 N–H and O–H groups in total. The van der Waals surface area contributed by atoms with Crippen LogP contribution in [0.3, 0.4) is 0 Å². The highest BCUT2D eigenvalue weighted by Gasteiger charge is 2.11. The van der Waals surface area contributed by atoms with Gasteiger partial charge in [0.2, 0.25) is 0 Å². The molecular weight excluding hydrogens is 352 g/mol. The zero-order valence-electron chi connectivity index (χ0n) is 15.8. The molecule has 0 aliphatic rings. The second-order valence-corrected chi connectivity index (χ2v) is 7.01. The molecule has 0 spiro atoms. The van der Waals surface area contributed by atoms with Crippen LogP contribution in [0.1, 0.15) is 12.0 Å². The van der Waals surface area contributed by atoms with Gasteiger partial charge in [0.1, 0.15) is 5.82 Å². The number of rotatable bonds is 8. The van der Waals surface area contributed by atoms with Gasteiger partial charge in [-0.15, -0.1) is 0 Å². The van der Waals surface area contributed by atoms with E-state index < -0.39 is 0 Å². The van der Waals surface area contributed by atoms with Crippen LogP contribution in [0.4, 0.5) is 11.5 Å². The maximum Gasteiger partial charge on any atom is 0.271 e. The van der Waals surface area contributed by atoms with Crippen molar-refractivity contribution in [3.63, 3.8) is 0 Å². The topological polar surface area (TPSA) is 90.5 Å². The number of fused-ring (bicyclic) bond motifs is 1. The van der Waals surface area contributed by atoms with E-state index in [4.69, 9.17) is 0 Å². The molecule has 144 valence electrons. The van der Waals surface area contributed by atoms with E-state index in [1.165, 1.54) is 5.56 Å². The van der Waals surface area contributed by atoms with Crippen LogP contribution in [-0.4, -0.2) is 32.3 Å². The molecule has 0 saturated heterocycles. The fraction of sp³-hybridized carbons (Fsp3) is 0.238. The largest absolute Gasteiger partial charge is 0.382 e. The zero-order chi connectivity index (χ0) is 19.3. The van der Waals surface area contributed by atoms with Gasteiger partial charge in [-0.3, -0.25) is 15.0 Å². The molecule has 4 rings (SSSR count). The number of H-pyrrole nitrogens is 2. The van der Waals surface area contributed by atoms with Crippen LogP contribution in [-0.2, 0) is 13.5 Å². The summed E-state index contributed by atoms with van der Waals surface area (Å²) in [6.07, 6.45) is 5.59. The Bertz CT molecular complexity index is 1090. The monoisotopic (exact) mass is 376 g/mol. The molecule has 2 aromatic carbocycles. The van der Waals surface area contributed by atoms with Crippen molar-refractivity contribution < 1.29 is 0 Å². The summed E-state index contributed by atoms with van der Waals surface area (Å²) < 4.78 is 1.93. The predicted octanol–water partition coefficient (Wildman–Crippen LogP) is 3.12. The molecule has 0 radical (unpaired) electrons. The van der Waals surface area contributed by atoms with E-state index in [0.29, 0.717) is 5.39 Å². The number of aromatic nitrogens is 4. The normalized spacial score (nSPS) is 12.2. The molecule has 2 aromatic heterocycles. The van der Waals surface area contributed by atoms with Crippen LogP contribution in [0.15, 0.2) is 65.8 Å². The van der Waals surface area contributed by atoms with Crippen LogP contribution in [0.25, 0.3) is 10.9 Å². The first kappa shape index (κ1) is 17.9. The molecule has 0 aliphatic heterocycles. The quantitative estimate of drug-likeness (QED) is 0.380. The molecule has 1 atom stereocenters. The van der Waals surface area contributed by atoms with Gasteiger partial charge in [-0.25, -0.2) is 4.98 Å². The van der Waals surface area contributed by atoms with Gasteiger partial charge in [-0.05, 0) is 36.6 Å². The van der Waals surface area contributed by atoms with E-state index >= 15 is 0 Å². The molecule has 2 heterocycles. The summed E-state index contributed by atoms with van der Waals surface area (Å²) >= 11 is 0. The van der Waals surface area contributed by atoms with E-state index in [0.717, 1.165) is 36.4 Å². The minimum absolute atomic E-state index is 0.0954. The highest BCUT2D eigenvalue weighted by atomic mass is 16.1. The molecule has 0 aliphatic carbocycles. The first-order chi connectivity index (χ1) is 13.7. The lowest BCUT2D eigenvalue weighted by Crippen LogP contribution is -2.25. The van der Waals surface area contributed by atoms with Gasteiger partial charge in [0.25, 0.3) is 5.56 Å². The van der Waals surface area contributed by atoms with Crippen molar-refractivity contribution >= 4 is 22.4 Å². The van der Waals surface area contributed by atoms with Crippen molar-refractivity contribution in [1.82, 2.24) is 19.7 Å². The summed E-state index contributed by atoms with van der Waals surface area (Å²) in [6.45, 7) is 0.810. The Morgan fingerprint density at radius 1 is 1.14 bits per heavy atom. The van der Waals surface area contributed by atoms with Gasteiger partial charge in [0, 0.05) is 31.5 Å². The average Bonchev–Trinajstić information content (AvgIpc) is 3.28. The van der Waals surface area contributed by atoms with Gasteiger partial charge in [-0.1, -0.05) is 30.3 Å². The van der Waals surface area contributed by atoms with Gasteiger partial charge < -0.3 is 15.2 Å². The van der Waals surface area contributed by atoms with Crippen molar-refractivity contribution in [3.8, 4) is 0 Å². The number of aryl methyl sites for hydroxylation is 1. The summed E-state index contributed by atoms with van der Waals surface area (Å²) in [6, 6.07) is 16.5. The fourth-order valence-corrected chi connectivity index (χ4v) is 3.37. The third kappa shape index (κ3) is 4.25. The van der Waals surface area contributed by atoms with Crippen LogP contribution < -0.4 is 16.2 Å². The number of anilines is 2. The molecule has 0 fully saturated rings. The Hall–Kier alpha value is -3.48. The molecule has 0 saturated carbocycles. The van der Waals surface area contributed by atoms with E-state index in [1.54, 1.807) is 6.33 Å². The molecule has 7 nitrogen and oxygen atoms in total. The van der Waals surface area contributed by atoms with E-state index in [9.17, 15) is 4.79 Å². The standard InChI is InChI=1S/C21H24N6O/c1-27-13-20(23-14-27)22-10-9-17(11-15-5-3-2-4-6-15)24-16-7-8-18-19(12-16)25-26-21(18)28/h2-8,12-14,17,22,24H,9-11H2,1H3,(H2,25,26,28). The maximum absolute atomic E-state index is 11.7. The van der Waals surface area contributed by atoms with Crippen molar-refractivity contribution in [2.24, 2.45) is 7.05 Å². The van der Waals surface area contributed by atoms with Gasteiger partial charge in [0.05, 0.1) is 17.2 Å². The summed E-state index contributed by atoms with van der Waals surface area (Å²) in [5, 5.41) is 13.2. The lowest BCUT2D eigenvalue weighted by atomic mass is 10.0. The molecular formula is C21H24N6O. The first-order valence-electron chi connectivity index (χ1n) is 9.40. The maximum atomic E-state index is 11.7. The van der Waals surface area contributed by atoms with Crippen LogP contribution in [0.2, 0.25) is 0 Å². The van der Waals surface area contributed by atoms with Gasteiger partial charge in [-0.2, -0.15) is 0 Å².